The highest BCUT2D eigenvalue weighted by molar-refractivity contribution is 5.69. The summed E-state index contributed by atoms with van der Waals surface area (Å²) in [6.45, 7) is 6.87. The minimum atomic E-state index is -0.856. The van der Waals surface area contributed by atoms with Gasteiger partial charge in [-0.3, -0.25) is 4.79 Å². The highest BCUT2D eigenvalue weighted by Crippen LogP contribution is 2.21. The van der Waals surface area contributed by atoms with Gasteiger partial charge in [-0.25, -0.2) is 4.79 Å². The van der Waals surface area contributed by atoms with Gasteiger partial charge >= 0.3 is 12.1 Å². The third-order valence-electron chi connectivity index (χ3n) is 3.30. The van der Waals surface area contributed by atoms with E-state index >= 15 is 0 Å². The van der Waals surface area contributed by atoms with Crippen LogP contribution in [0.4, 0.5) is 4.79 Å². The van der Waals surface area contributed by atoms with Gasteiger partial charge in [-0.2, -0.15) is 0 Å². The van der Waals surface area contributed by atoms with Crippen LogP contribution < -0.4 is 5.32 Å². The van der Waals surface area contributed by atoms with Crippen LogP contribution in [0.2, 0.25) is 0 Å². The van der Waals surface area contributed by atoms with E-state index in [0.717, 1.165) is 25.9 Å². The van der Waals surface area contributed by atoms with E-state index in [9.17, 15) is 9.59 Å². The second-order valence-corrected chi connectivity index (χ2v) is 6.59. The van der Waals surface area contributed by atoms with E-state index in [0.29, 0.717) is 18.9 Å². The zero-order valence-corrected chi connectivity index (χ0v) is 13.2. The summed E-state index contributed by atoms with van der Waals surface area (Å²) >= 11 is 0. The number of hydrogen-bond donors (Lipinski definition) is 2. The van der Waals surface area contributed by atoms with Gasteiger partial charge in [-0.15, -0.1) is 0 Å². The number of carboxylic acid groups (broad SMARTS) is 1. The molecule has 1 aliphatic rings. The monoisotopic (exact) mass is 301 g/mol. The van der Waals surface area contributed by atoms with Gasteiger partial charge in [0.25, 0.3) is 0 Å². The molecule has 0 aromatic rings. The molecular formula is C15H27NO5. The quantitative estimate of drug-likeness (QED) is 0.787. The molecule has 2 atom stereocenters. The Morgan fingerprint density at radius 3 is 2.67 bits per heavy atom. The molecule has 1 saturated heterocycles. The zero-order valence-electron chi connectivity index (χ0n) is 13.2. The fourth-order valence-corrected chi connectivity index (χ4v) is 2.42. The molecule has 1 amide bonds. The summed E-state index contributed by atoms with van der Waals surface area (Å²) in [5, 5.41) is 11.6. The van der Waals surface area contributed by atoms with Gasteiger partial charge < -0.3 is 19.9 Å². The lowest BCUT2D eigenvalue weighted by Gasteiger charge is -2.28. The minimum absolute atomic E-state index is 0.0358. The van der Waals surface area contributed by atoms with Crippen molar-refractivity contribution in [1.82, 2.24) is 5.32 Å². The predicted molar refractivity (Wildman–Crippen MR) is 78.2 cm³/mol. The van der Waals surface area contributed by atoms with E-state index in [-0.39, 0.29) is 12.5 Å². The number of ether oxygens (including phenoxy) is 2. The minimum Gasteiger partial charge on any atom is -0.481 e. The summed E-state index contributed by atoms with van der Waals surface area (Å²) in [5.41, 5.74) is -0.560. The third kappa shape index (κ3) is 8.55. The molecule has 0 aromatic carbocycles. The van der Waals surface area contributed by atoms with Gasteiger partial charge in [0.15, 0.2) is 0 Å². The smallest absolute Gasteiger partial charge is 0.407 e. The lowest BCUT2D eigenvalue weighted by molar-refractivity contribution is -0.137. The van der Waals surface area contributed by atoms with Crippen molar-refractivity contribution in [2.24, 2.45) is 5.92 Å². The van der Waals surface area contributed by atoms with Gasteiger partial charge in [-0.1, -0.05) is 0 Å². The first-order valence-electron chi connectivity index (χ1n) is 7.55. The first-order valence-corrected chi connectivity index (χ1v) is 7.55. The lowest BCUT2D eigenvalue weighted by atomic mass is 9.92. The molecule has 6 heteroatoms. The molecule has 1 heterocycles. The number of amides is 1. The van der Waals surface area contributed by atoms with Gasteiger partial charge in [0, 0.05) is 25.7 Å². The molecule has 2 N–H and O–H groups in total. The Bertz CT molecular complexity index is 344. The van der Waals surface area contributed by atoms with Crippen LogP contribution >= 0.6 is 0 Å². The number of aliphatic carboxylic acids is 1. The molecule has 0 aliphatic carbocycles. The van der Waals surface area contributed by atoms with Crippen LogP contribution in [0.5, 0.6) is 0 Å². The first kappa shape index (κ1) is 17.8. The van der Waals surface area contributed by atoms with E-state index in [1.807, 2.05) is 0 Å². The maximum atomic E-state index is 11.8. The molecular weight excluding hydrogens is 274 g/mol. The molecule has 1 fully saturated rings. The van der Waals surface area contributed by atoms with Crippen LogP contribution in [0.3, 0.4) is 0 Å². The van der Waals surface area contributed by atoms with Gasteiger partial charge in [0.05, 0.1) is 0 Å². The van der Waals surface area contributed by atoms with Gasteiger partial charge in [0.1, 0.15) is 5.60 Å². The third-order valence-corrected chi connectivity index (χ3v) is 3.30. The summed E-state index contributed by atoms with van der Waals surface area (Å²) in [5.74, 6) is -0.488. The molecule has 21 heavy (non-hydrogen) atoms. The Morgan fingerprint density at radius 2 is 2.14 bits per heavy atom. The summed E-state index contributed by atoms with van der Waals surface area (Å²) in [6.07, 6.45) is 2.75. The van der Waals surface area contributed by atoms with Crippen LogP contribution in [0.1, 0.15) is 52.9 Å². The molecule has 0 bridgehead atoms. The van der Waals surface area contributed by atoms with Crippen LogP contribution in [-0.2, 0) is 14.3 Å². The van der Waals surface area contributed by atoms with E-state index in [4.69, 9.17) is 14.6 Å². The van der Waals surface area contributed by atoms with E-state index in [1.165, 1.54) is 0 Å². The normalized spacial score (nSPS) is 20.6. The van der Waals surface area contributed by atoms with Crippen molar-refractivity contribution in [3.8, 4) is 0 Å². The molecule has 1 rings (SSSR count). The summed E-state index contributed by atoms with van der Waals surface area (Å²) in [4.78, 5) is 22.6. The predicted octanol–water partition coefficient (Wildman–Crippen LogP) is 2.56. The van der Waals surface area contributed by atoms with Crippen molar-refractivity contribution in [2.45, 2.75) is 64.5 Å². The zero-order chi connectivity index (χ0) is 15.9. The largest absolute Gasteiger partial charge is 0.481 e. The number of nitrogens with one attached hydrogen (secondary N) is 1. The lowest BCUT2D eigenvalue weighted by Crippen LogP contribution is -2.41. The van der Waals surface area contributed by atoms with Crippen molar-refractivity contribution in [3.63, 3.8) is 0 Å². The maximum Gasteiger partial charge on any atom is 0.407 e. The number of carbonyl (C=O) groups is 2. The average molecular weight is 301 g/mol. The Labute approximate surface area is 126 Å². The van der Waals surface area contributed by atoms with Gasteiger partial charge in [0.2, 0.25) is 0 Å². The second kappa shape index (κ2) is 8.22. The summed E-state index contributed by atoms with van der Waals surface area (Å²) in [7, 11) is 0. The second-order valence-electron chi connectivity index (χ2n) is 6.59. The SMILES string of the molecule is CC(C)(C)OC(=O)NC(CCC(=O)O)CC1CCCOC1. The number of carbonyl (C=O) groups excluding carboxylic acids is 1. The van der Waals surface area contributed by atoms with Gasteiger partial charge in [-0.05, 0) is 52.4 Å². The molecule has 0 spiro atoms. The number of carboxylic acids is 1. The highest BCUT2D eigenvalue weighted by Gasteiger charge is 2.24. The van der Waals surface area contributed by atoms with Crippen LogP contribution in [0, 0.1) is 5.92 Å². The highest BCUT2D eigenvalue weighted by atomic mass is 16.6. The summed E-state index contributed by atoms with van der Waals surface area (Å²) < 4.78 is 10.7. The van der Waals surface area contributed by atoms with Crippen molar-refractivity contribution in [3.05, 3.63) is 0 Å². The van der Waals surface area contributed by atoms with Crippen LogP contribution in [0.25, 0.3) is 0 Å². The van der Waals surface area contributed by atoms with Crippen molar-refractivity contribution < 1.29 is 24.2 Å². The van der Waals surface area contributed by atoms with Crippen molar-refractivity contribution in [1.29, 1.82) is 0 Å². The maximum absolute atomic E-state index is 11.8. The van der Waals surface area contributed by atoms with Crippen molar-refractivity contribution in [2.75, 3.05) is 13.2 Å². The molecule has 6 nitrogen and oxygen atoms in total. The van der Waals surface area contributed by atoms with Crippen LogP contribution in [0.15, 0.2) is 0 Å². The molecule has 0 saturated carbocycles. The molecule has 0 radical (unpaired) electrons. The Morgan fingerprint density at radius 1 is 1.43 bits per heavy atom. The average Bonchev–Trinajstić information content (AvgIpc) is 2.34. The molecule has 0 aromatic heterocycles. The number of rotatable bonds is 6. The Balaban J connectivity index is 2.50. The van der Waals surface area contributed by atoms with E-state index < -0.39 is 17.7 Å². The molecule has 2 unspecified atom stereocenters. The molecule has 122 valence electrons. The van der Waals surface area contributed by atoms with E-state index in [1.54, 1.807) is 20.8 Å². The standard InChI is InChI=1S/C15H27NO5/c1-15(2,3)21-14(19)16-12(6-7-13(17)18)9-11-5-4-8-20-10-11/h11-12H,4-10H2,1-3H3,(H,16,19)(H,17,18). The fourth-order valence-electron chi connectivity index (χ4n) is 2.42. The van der Waals surface area contributed by atoms with E-state index in [2.05, 4.69) is 5.32 Å². The Hall–Kier alpha value is -1.30. The van der Waals surface area contributed by atoms with Crippen LogP contribution in [-0.4, -0.2) is 42.0 Å². The Kier molecular flexibility index (Phi) is 6.95. The first-order chi connectivity index (χ1) is 9.76. The molecule has 1 aliphatic heterocycles. The topological polar surface area (TPSA) is 84.9 Å². The fraction of sp³-hybridized carbons (Fsp3) is 0.867. The summed E-state index contributed by atoms with van der Waals surface area (Å²) in [6, 6.07) is -0.192. The number of hydrogen-bond acceptors (Lipinski definition) is 4. The van der Waals surface area contributed by atoms with Crippen molar-refractivity contribution >= 4 is 12.1 Å². The number of alkyl carbamates (subject to hydrolysis) is 1.